The van der Waals surface area contributed by atoms with Crippen LogP contribution in [0.2, 0.25) is 0 Å². The van der Waals surface area contributed by atoms with Gasteiger partial charge in [0.2, 0.25) is 0 Å². The predicted octanol–water partition coefficient (Wildman–Crippen LogP) is 2.86. The third-order valence-corrected chi connectivity index (χ3v) is 3.77. The van der Waals surface area contributed by atoms with Gasteiger partial charge in [0.1, 0.15) is 0 Å². The van der Waals surface area contributed by atoms with Crippen molar-refractivity contribution < 1.29 is 0 Å². The summed E-state index contributed by atoms with van der Waals surface area (Å²) in [6.45, 7) is 2.21. The maximum atomic E-state index is 4.43. The van der Waals surface area contributed by atoms with Gasteiger partial charge in [0, 0.05) is 16.8 Å². The summed E-state index contributed by atoms with van der Waals surface area (Å²) in [5.74, 6) is 0. The molecular formula is C9H11NS2. The largest absolute Gasteiger partial charge is 0.361 e. The summed E-state index contributed by atoms with van der Waals surface area (Å²) in [5.41, 5.74) is 1.28. The summed E-state index contributed by atoms with van der Waals surface area (Å²) in [5, 5.41) is 0.535. The Morgan fingerprint density at radius 1 is 1.50 bits per heavy atom. The third kappa shape index (κ3) is 1.12. The molecule has 0 aromatic heterocycles. The summed E-state index contributed by atoms with van der Waals surface area (Å²) in [4.78, 5) is 4.69. The molecule has 0 bridgehead atoms. The van der Waals surface area contributed by atoms with Crippen LogP contribution in [0.3, 0.4) is 0 Å². The zero-order valence-electron chi connectivity index (χ0n) is 7.11. The lowest BCUT2D eigenvalue weighted by Gasteiger charge is -2.18. The van der Waals surface area contributed by atoms with Crippen LogP contribution in [0.15, 0.2) is 28.0 Å². The first-order valence-corrected chi connectivity index (χ1v) is 5.24. The van der Waals surface area contributed by atoms with Gasteiger partial charge in [-0.25, -0.2) is 0 Å². The fourth-order valence-corrected chi connectivity index (χ4v) is 3.00. The molecule has 0 spiro atoms. The van der Waals surface area contributed by atoms with Crippen molar-refractivity contribution in [3.63, 3.8) is 0 Å². The molecule has 0 amide bonds. The molecule has 0 aliphatic carbocycles. The normalized spacial score (nSPS) is 21.2. The minimum absolute atomic E-state index is 0.535. The van der Waals surface area contributed by atoms with Gasteiger partial charge in [-0.1, -0.05) is 17.8 Å². The van der Waals surface area contributed by atoms with Crippen molar-refractivity contribution in [1.29, 1.82) is 0 Å². The molecule has 1 atom stereocenters. The van der Waals surface area contributed by atoms with Crippen molar-refractivity contribution in [3.8, 4) is 0 Å². The number of thiol groups is 1. The number of para-hydroxylation sites is 1. The maximum Gasteiger partial charge on any atom is 0.0767 e. The molecule has 1 aliphatic rings. The molecule has 0 saturated heterocycles. The standard InChI is InChI=1S/C9H11NS2/c1-6-10(2)9-7(11)4-3-5-8(9)12-6/h3-6,11H,1-2H3. The minimum atomic E-state index is 0.535. The molecule has 1 aromatic carbocycles. The Labute approximate surface area is 82.6 Å². The Morgan fingerprint density at radius 3 is 2.92 bits per heavy atom. The zero-order valence-corrected chi connectivity index (χ0v) is 8.82. The van der Waals surface area contributed by atoms with Crippen LogP contribution in [0, 0.1) is 0 Å². The number of nitrogens with zero attached hydrogens (tertiary/aromatic N) is 1. The second kappa shape index (κ2) is 2.89. The van der Waals surface area contributed by atoms with E-state index in [1.807, 2.05) is 17.8 Å². The number of anilines is 1. The molecule has 64 valence electrons. The van der Waals surface area contributed by atoms with E-state index in [9.17, 15) is 0 Å². The molecule has 1 nitrogen and oxygen atoms in total. The first kappa shape index (κ1) is 8.32. The summed E-state index contributed by atoms with van der Waals surface area (Å²) >= 11 is 6.32. The smallest absolute Gasteiger partial charge is 0.0767 e. The van der Waals surface area contributed by atoms with Gasteiger partial charge in [-0.3, -0.25) is 0 Å². The highest BCUT2D eigenvalue weighted by atomic mass is 32.2. The summed E-state index contributed by atoms with van der Waals surface area (Å²) in [6.07, 6.45) is 0. The van der Waals surface area contributed by atoms with Gasteiger partial charge in [-0.2, -0.15) is 0 Å². The average molecular weight is 197 g/mol. The number of fused-ring (bicyclic) bond motifs is 1. The van der Waals surface area contributed by atoms with Crippen molar-refractivity contribution in [2.75, 3.05) is 11.9 Å². The van der Waals surface area contributed by atoms with E-state index < -0.39 is 0 Å². The fraction of sp³-hybridized carbons (Fsp3) is 0.333. The molecule has 0 fully saturated rings. The summed E-state index contributed by atoms with van der Waals surface area (Å²) in [6, 6.07) is 6.25. The van der Waals surface area contributed by atoms with Crippen LogP contribution in [0.1, 0.15) is 6.92 Å². The fourth-order valence-electron chi connectivity index (χ4n) is 1.40. The maximum absolute atomic E-state index is 4.43. The van der Waals surface area contributed by atoms with E-state index >= 15 is 0 Å². The van der Waals surface area contributed by atoms with Gasteiger partial charge in [0.05, 0.1) is 11.1 Å². The SMILES string of the molecule is CC1Sc2cccc(S)c2N1C. The van der Waals surface area contributed by atoms with E-state index in [2.05, 4.69) is 43.6 Å². The molecule has 1 aliphatic heterocycles. The van der Waals surface area contributed by atoms with Crippen LogP contribution >= 0.6 is 24.4 Å². The van der Waals surface area contributed by atoms with Crippen molar-refractivity contribution in [1.82, 2.24) is 0 Å². The van der Waals surface area contributed by atoms with Gasteiger partial charge in [0.25, 0.3) is 0 Å². The van der Waals surface area contributed by atoms with E-state index in [0.29, 0.717) is 5.37 Å². The lowest BCUT2D eigenvalue weighted by molar-refractivity contribution is 0.911. The van der Waals surface area contributed by atoms with Crippen LogP contribution in [-0.4, -0.2) is 12.4 Å². The van der Waals surface area contributed by atoms with Crippen LogP contribution < -0.4 is 4.90 Å². The molecule has 0 N–H and O–H groups in total. The van der Waals surface area contributed by atoms with Gasteiger partial charge in [0.15, 0.2) is 0 Å². The number of thioether (sulfide) groups is 1. The van der Waals surface area contributed by atoms with E-state index in [-0.39, 0.29) is 0 Å². The molecule has 1 unspecified atom stereocenters. The van der Waals surface area contributed by atoms with E-state index in [1.165, 1.54) is 10.6 Å². The quantitative estimate of drug-likeness (QED) is 0.637. The molecule has 1 heterocycles. The molecule has 1 aromatic rings. The molecule has 2 rings (SSSR count). The lowest BCUT2D eigenvalue weighted by atomic mass is 10.3. The van der Waals surface area contributed by atoms with Crippen LogP contribution in [0.4, 0.5) is 5.69 Å². The first-order valence-electron chi connectivity index (χ1n) is 3.91. The van der Waals surface area contributed by atoms with Crippen molar-refractivity contribution in [2.45, 2.75) is 22.1 Å². The average Bonchev–Trinajstić information content (AvgIpc) is 2.29. The molecular weight excluding hydrogens is 186 g/mol. The van der Waals surface area contributed by atoms with Gasteiger partial charge in [-0.05, 0) is 19.1 Å². The predicted molar refractivity (Wildman–Crippen MR) is 57.4 cm³/mol. The minimum Gasteiger partial charge on any atom is -0.361 e. The Bertz CT molecular complexity index is 311. The second-order valence-corrected chi connectivity index (χ2v) is 4.79. The molecule has 3 heteroatoms. The van der Waals surface area contributed by atoms with Crippen molar-refractivity contribution >= 4 is 30.1 Å². The Kier molecular flexibility index (Phi) is 2.00. The zero-order chi connectivity index (χ0) is 8.72. The topological polar surface area (TPSA) is 3.24 Å². The van der Waals surface area contributed by atoms with Crippen LogP contribution in [-0.2, 0) is 0 Å². The lowest BCUT2D eigenvalue weighted by Crippen LogP contribution is -2.20. The highest BCUT2D eigenvalue weighted by molar-refractivity contribution is 8.00. The second-order valence-electron chi connectivity index (χ2n) is 2.95. The summed E-state index contributed by atoms with van der Waals surface area (Å²) in [7, 11) is 2.11. The van der Waals surface area contributed by atoms with Crippen molar-refractivity contribution in [2.24, 2.45) is 0 Å². The first-order chi connectivity index (χ1) is 5.70. The Morgan fingerprint density at radius 2 is 2.25 bits per heavy atom. The Balaban J connectivity index is 2.55. The van der Waals surface area contributed by atoms with E-state index in [0.717, 1.165) is 4.90 Å². The van der Waals surface area contributed by atoms with Crippen molar-refractivity contribution in [3.05, 3.63) is 18.2 Å². The van der Waals surface area contributed by atoms with Gasteiger partial charge < -0.3 is 4.90 Å². The van der Waals surface area contributed by atoms with Crippen LogP contribution in [0.25, 0.3) is 0 Å². The molecule has 0 radical (unpaired) electrons. The summed E-state index contributed by atoms with van der Waals surface area (Å²) < 4.78 is 0. The monoisotopic (exact) mass is 197 g/mol. The number of hydrogen-bond acceptors (Lipinski definition) is 3. The third-order valence-electron chi connectivity index (χ3n) is 2.17. The number of benzene rings is 1. The van der Waals surface area contributed by atoms with Gasteiger partial charge in [-0.15, -0.1) is 12.6 Å². The van der Waals surface area contributed by atoms with Gasteiger partial charge >= 0.3 is 0 Å². The van der Waals surface area contributed by atoms with E-state index in [1.54, 1.807) is 0 Å². The number of hydrogen-bond donors (Lipinski definition) is 1. The molecule has 0 saturated carbocycles. The Hall–Kier alpha value is -0.280. The highest BCUT2D eigenvalue weighted by Gasteiger charge is 2.24. The van der Waals surface area contributed by atoms with Crippen LogP contribution in [0.5, 0.6) is 0 Å². The molecule has 12 heavy (non-hydrogen) atoms. The highest BCUT2D eigenvalue weighted by Crippen LogP contribution is 2.45. The number of rotatable bonds is 0. The van der Waals surface area contributed by atoms with E-state index in [4.69, 9.17) is 0 Å².